The average molecular weight is 739 g/mol. The summed E-state index contributed by atoms with van der Waals surface area (Å²) < 4.78 is 11.4. The number of nitrogens with one attached hydrogen (secondary N) is 2. The number of phenolic OH excluding ortho intramolecular Hbond substituents is 2. The molecule has 7 rings (SSSR count). The van der Waals surface area contributed by atoms with E-state index in [1.807, 2.05) is 0 Å². The van der Waals surface area contributed by atoms with Gasteiger partial charge in [0, 0.05) is 57.3 Å². The monoisotopic (exact) mass is 738 g/mol. The molecule has 5 aromatic rings. The third-order valence-corrected chi connectivity index (χ3v) is 9.14. The van der Waals surface area contributed by atoms with E-state index in [1.165, 1.54) is 67.6 Å². The summed E-state index contributed by atoms with van der Waals surface area (Å²) in [6.45, 7) is 1.22. The molecule has 0 bridgehead atoms. The number of aromatic carboxylic acids is 1. The van der Waals surface area contributed by atoms with Crippen LogP contribution in [0.25, 0.3) is 44.4 Å². The number of aromatic hydroxyl groups is 2. The Labute approximate surface area is 310 Å². The molecule has 0 saturated heterocycles. The highest BCUT2D eigenvalue weighted by molar-refractivity contribution is 6.09. The second-order valence-corrected chi connectivity index (χ2v) is 12.8. The van der Waals surface area contributed by atoms with Gasteiger partial charge in [-0.15, -0.1) is 0 Å². The maximum absolute atomic E-state index is 13.3. The highest BCUT2D eigenvalue weighted by atomic mass is 16.4. The Kier molecular flexibility index (Phi) is 9.43. The minimum absolute atomic E-state index is 0.0528. The molecule has 0 fully saturated rings. The number of carboxylic acids is 1. The van der Waals surface area contributed by atoms with Gasteiger partial charge in [-0.3, -0.25) is 19.2 Å². The zero-order chi connectivity index (χ0) is 39.0. The molecule has 0 spiro atoms. The summed E-state index contributed by atoms with van der Waals surface area (Å²) in [6.07, 6.45) is -0.227. The fraction of sp³-hybridized carbons (Fsp3) is 0.0952. The molecule has 55 heavy (non-hydrogen) atoms. The smallest absolute Gasteiger partial charge is 0.339 e. The van der Waals surface area contributed by atoms with Crippen LogP contribution in [0.5, 0.6) is 11.5 Å². The zero-order valence-electron chi connectivity index (χ0n) is 29.0. The van der Waals surface area contributed by atoms with Crippen LogP contribution in [-0.2, 0) is 24.3 Å². The Hall–Kier alpha value is -7.54. The van der Waals surface area contributed by atoms with Crippen LogP contribution < -0.4 is 21.7 Å². The molecule has 0 atom stereocenters. The Morgan fingerprint density at radius 1 is 0.727 bits per heavy atom. The summed E-state index contributed by atoms with van der Waals surface area (Å²) in [5.41, 5.74) is 1.62. The van der Waals surface area contributed by atoms with Crippen LogP contribution in [0.2, 0.25) is 0 Å². The number of hydrogen-bond acceptors (Lipinski definition) is 10. The second kappa shape index (κ2) is 14.5. The van der Waals surface area contributed by atoms with E-state index < -0.39 is 23.4 Å². The van der Waals surface area contributed by atoms with Gasteiger partial charge in [0.05, 0.1) is 24.1 Å². The summed E-state index contributed by atoms with van der Waals surface area (Å²) in [6, 6.07) is 23.6. The maximum atomic E-state index is 13.3. The van der Waals surface area contributed by atoms with Crippen molar-refractivity contribution in [2.24, 2.45) is 0 Å². The number of Topliss-reactive ketones (excluding diaryl/α,β-unsaturated/α-hetero) is 1. The Morgan fingerprint density at radius 3 is 2.22 bits per heavy atom. The van der Waals surface area contributed by atoms with Crippen LogP contribution in [0.4, 0.5) is 0 Å². The molecular weight excluding hydrogens is 708 g/mol. The van der Waals surface area contributed by atoms with Crippen LogP contribution in [0.1, 0.15) is 54.7 Å². The van der Waals surface area contributed by atoms with E-state index >= 15 is 0 Å². The van der Waals surface area contributed by atoms with Crippen molar-refractivity contribution in [3.05, 3.63) is 151 Å². The number of hydrogen-bond donors (Lipinski definition) is 5. The topological polar surface area (TPSA) is 213 Å². The first kappa shape index (κ1) is 35.8. The summed E-state index contributed by atoms with van der Waals surface area (Å²) >= 11 is 0. The highest BCUT2D eigenvalue weighted by Crippen LogP contribution is 2.43. The molecule has 1 aromatic heterocycles. The first-order valence-corrected chi connectivity index (χ1v) is 16.9. The molecule has 2 amide bonds. The molecule has 13 nitrogen and oxygen atoms in total. The van der Waals surface area contributed by atoms with E-state index in [0.29, 0.717) is 27.5 Å². The number of carbonyl (C=O) groups is 4. The fourth-order valence-electron chi connectivity index (χ4n) is 6.35. The number of fused-ring (bicyclic) bond motifs is 3. The van der Waals surface area contributed by atoms with Crippen LogP contribution in [0.15, 0.2) is 115 Å². The van der Waals surface area contributed by atoms with Crippen LogP contribution in [0, 0.1) is 0 Å². The molecule has 2 aliphatic rings. The Bertz CT molecular complexity index is 2800. The van der Waals surface area contributed by atoms with Gasteiger partial charge in [-0.25, -0.2) is 9.59 Å². The molecule has 2 heterocycles. The van der Waals surface area contributed by atoms with Crippen molar-refractivity contribution < 1.29 is 43.3 Å². The van der Waals surface area contributed by atoms with E-state index in [1.54, 1.807) is 36.4 Å². The average Bonchev–Trinajstić information content (AvgIpc) is 3.16. The molecule has 5 N–H and O–H groups in total. The fourth-order valence-corrected chi connectivity index (χ4v) is 6.35. The zero-order valence-corrected chi connectivity index (χ0v) is 29.0. The lowest BCUT2D eigenvalue weighted by Crippen LogP contribution is -2.27. The van der Waals surface area contributed by atoms with E-state index in [9.17, 15) is 44.1 Å². The van der Waals surface area contributed by atoms with Crippen LogP contribution >= 0.6 is 0 Å². The lowest BCUT2D eigenvalue weighted by Gasteiger charge is -2.19. The Morgan fingerprint density at radius 2 is 1.47 bits per heavy atom. The molecule has 0 unspecified atom stereocenters. The summed E-state index contributed by atoms with van der Waals surface area (Å²) in [7, 11) is 0. The molecule has 0 radical (unpaired) electrons. The normalized spacial score (nSPS) is 11.1. The maximum Gasteiger partial charge on any atom is 0.339 e. The first-order valence-electron chi connectivity index (χ1n) is 16.9. The SMILES string of the molecule is CC(=O)c1ccc(-c2c3ccc(=O)cc-3oc3c(CNC(=O)c4ccc(CNC(=O)Cc5cc6ccc(O)cc6oc5=O)cc4)c(O)ccc23)c(C(=O)O)c1. The van der Waals surface area contributed by atoms with Gasteiger partial charge in [0.1, 0.15) is 28.4 Å². The van der Waals surface area contributed by atoms with Gasteiger partial charge in [-0.05, 0) is 78.7 Å². The number of amides is 2. The molecule has 1 aliphatic heterocycles. The van der Waals surface area contributed by atoms with Crippen LogP contribution in [-0.4, -0.2) is 38.9 Å². The number of benzene rings is 5. The van der Waals surface area contributed by atoms with Crippen molar-refractivity contribution in [2.45, 2.75) is 26.4 Å². The van der Waals surface area contributed by atoms with Gasteiger partial charge in [-0.1, -0.05) is 24.3 Å². The minimum atomic E-state index is -1.28. The summed E-state index contributed by atoms with van der Waals surface area (Å²) in [5.74, 6) is -2.69. The molecule has 274 valence electrons. The van der Waals surface area contributed by atoms with Crippen LogP contribution in [0.3, 0.4) is 0 Å². The van der Waals surface area contributed by atoms with E-state index in [4.69, 9.17) is 8.83 Å². The number of carboxylic acid groups (broad SMARTS) is 1. The lowest BCUT2D eigenvalue weighted by atomic mass is 9.89. The van der Waals surface area contributed by atoms with Gasteiger partial charge in [0.2, 0.25) is 5.91 Å². The van der Waals surface area contributed by atoms with Crippen molar-refractivity contribution >= 4 is 45.5 Å². The van der Waals surface area contributed by atoms with E-state index in [0.717, 1.165) is 0 Å². The molecule has 4 aromatic carbocycles. The largest absolute Gasteiger partial charge is 0.508 e. The highest BCUT2D eigenvalue weighted by Gasteiger charge is 2.25. The lowest BCUT2D eigenvalue weighted by molar-refractivity contribution is -0.120. The van der Waals surface area contributed by atoms with E-state index in [-0.39, 0.29) is 92.5 Å². The van der Waals surface area contributed by atoms with Crippen molar-refractivity contribution in [1.29, 1.82) is 0 Å². The van der Waals surface area contributed by atoms with Gasteiger partial charge in [-0.2, -0.15) is 0 Å². The Balaban J connectivity index is 1.10. The number of carbonyl (C=O) groups excluding carboxylic acids is 3. The molecular formula is C42H30N2O11. The van der Waals surface area contributed by atoms with E-state index in [2.05, 4.69) is 10.6 Å². The van der Waals surface area contributed by atoms with Crippen molar-refractivity contribution in [3.63, 3.8) is 0 Å². The predicted molar refractivity (Wildman–Crippen MR) is 200 cm³/mol. The number of rotatable bonds is 10. The first-order chi connectivity index (χ1) is 26.4. The van der Waals surface area contributed by atoms with Gasteiger partial charge < -0.3 is 34.8 Å². The quantitative estimate of drug-likeness (QED) is 0.0645. The summed E-state index contributed by atoms with van der Waals surface area (Å²) in [4.78, 5) is 75.1. The van der Waals surface area contributed by atoms with Crippen molar-refractivity contribution in [1.82, 2.24) is 10.6 Å². The second-order valence-electron chi connectivity index (χ2n) is 12.8. The number of phenols is 2. The third kappa shape index (κ3) is 7.26. The third-order valence-electron chi connectivity index (χ3n) is 9.14. The molecule has 1 aliphatic carbocycles. The predicted octanol–water partition coefficient (Wildman–Crippen LogP) is 5.77. The van der Waals surface area contributed by atoms with Gasteiger partial charge >= 0.3 is 11.6 Å². The van der Waals surface area contributed by atoms with Gasteiger partial charge in [0.15, 0.2) is 11.2 Å². The van der Waals surface area contributed by atoms with Gasteiger partial charge in [0.25, 0.3) is 5.91 Å². The molecule has 13 heteroatoms. The van der Waals surface area contributed by atoms with Crippen molar-refractivity contribution in [2.75, 3.05) is 0 Å². The molecule has 0 saturated carbocycles. The minimum Gasteiger partial charge on any atom is -0.508 e. The summed E-state index contributed by atoms with van der Waals surface area (Å²) in [5, 5.41) is 37.1. The standard InChI is InChI=1S/C42H30N2O11/c1-21(45)24-7-10-29(32(15-24)41(51)52)38-30-11-9-28(47)18-36(30)54-39-31(38)12-13-34(48)33(39)20-44-40(50)23-4-2-22(3-5-23)19-43-37(49)16-26-14-25-6-8-27(46)17-35(25)55-42(26)53/h2-15,17-18,46,48H,16,19-20H2,1H3,(H,43,49)(H,44,50)(H,51,52). The number of ketones is 1. The van der Waals surface area contributed by atoms with Crippen molar-refractivity contribution in [3.8, 4) is 33.9 Å².